The quantitative estimate of drug-likeness (QED) is 0.195. The van der Waals surface area contributed by atoms with Gasteiger partial charge in [-0.25, -0.2) is 4.98 Å². The van der Waals surface area contributed by atoms with Crippen LogP contribution in [0.4, 0.5) is 17.1 Å². The van der Waals surface area contributed by atoms with Crippen LogP contribution >= 0.6 is 0 Å². The first-order valence-electron chi connectivity index (χ1n) is 15.5. The van der Waals surface area contributed by atoms with Gasteiger partial charge in [-0.2, -0.15) is 0 Å². The lowest BCUT2D eigenvalue weighted by atomic mass is 9.82. The van der Waals surface area contributed by atoms with Gasteiger partial charge in [0.05, 0.1) is 0 Å². The predicted octanol–water partition coefficient (Wildman–Crippen LogP) is 11.6. The normalized spacial score (nSPS) is 13.3. The van der Waals surface area contributed by atoms with Crippen molar-refractivity contribution in [2.75, 3.05) is 4.90 Å². The van der Waals surface area contributed by atoms with E-state index >= 15 is 0 Å². The van der Waals surface area contributed by atoms with Crippen LogP contribution in [0.2, 0.25) is 0 Å². The fraction of sp³-hybridized carbons (Fsp3) is 0.0714. The zero-order chi connectivity index (χ0) is 30.1. The summed E-state index contributed by atoms with van der Waals surface area (Å²) in [6.45, 7) is 4.67. The molecule has 0 unspecified atom stereocenters. The predicted molar refractivity (Wildman–Crippen MR) is 187 cm³/mol. The van der Waals surface area contributed by atoms with Gasteiger partial charge < -0.3 is 9.32 Å². The minimum atomic E-state index is -0.0851. The van der Waals surface area contributed by atoms with Crippen molar-refractivity contribution in [1.29, 1.82) is 0 Å². The van der Waals surface area contributed by atoms with Crippen LogP contribution in [0, 0.1) is 0 Å². The third-order valence-electron chi connectivity index (χ3n) is 9.46. The number of aromatic nitrogens is 1. The standard InChI is InChI=1S/C42H30N2O/c1-42(2)36-16-10-9-15-33(36)34-23-22-32(26-37(34)42)44(30-13-7-4-8-14-30)31-21-19-27-17-18-28-20-24-38-40(39(28)35(27)25-31)45-41(43-38)29-11-5-3-6-12-29/h3-26H,1-2H3. The van der Waals surface area contributed by atoms with E-state index in [1.165, 1.54) is 22.3 Å². The van der Waals surface area contributed by atoms with Crippen LogP contribution in [0.5, 0.6) is 0 Å². The van der Waals surface area contributed by atoms with Gasteiger partial charge in [-0.3, -0.25) is 0 Å². The molecule has 0 fully saturated rings. The Balaban J connectivity index is 1.26. The molecule has 1 aromatic heterocycles. The van der Waals surface area contributed by atoms with E-state index in [1.54, 1.807) is 0 Å². The summed E-state index contributed by atoms with van der Waals surface area (Å²) in [7, 11) is 0. The molecule has 0 bridgehead atoms. The highest BCUT2D eigenvalue weighted by atomic mass is 16.3. The van der Waals surface area contributed by atoms with Crippen LogP contribution < -0.4 is 4.90 Å². The number of rotatable bonds is 4. The van der Waals surface area contributed by atoms with Gasteiger partial charge in [-0.1, -0.05) is 105 Å². The van der Waals surface area contributed by atoms with Crippen molar-refractivity contribution in [2.45, 2.75) is 19.3 Å². The van der Waals surface area contributed by atoms with E-state index in [1.807, 2.05) is 30.3 Å². The summed E-state index contributed by atoms with van der Waals surface area (Å²) in [5.74, 6) is 0.638. The summed E-state index contributed by atoms with van der Waals surface area (Å²) in [5.41, 5.74) is 11.3. The summed E-state index contributed by atoms with van der Waals surface area (Å²) in [4.78, 5) is 7.25. The second-order valence-electron chi connectivity index (χ2n) is 12.4. The molecule has 0 saturated carbocycles. The van der Waals surface area contributed by atoms with Crippen molar-refractivity contribution in [3.05, 3.63) is 157 Å². The molecular weight excluding hydrogens is 548 g/mol. The maximum atomic E-state index is 6.52. The third-order valence-corrected chi connectivity index (χ3v) is 9.46. The fourth-order valence-corrected chi connectivity index (χ4v) is 7.21. The summed E-state index contributed by atoms with van der Waals surface area (Å²) in [6, 6.07) is 51.9. The van der Waals surface area contributed by atoms with Crippen molar-refractivity contribution < 1.29 is 4.42 Å². The van der Waals surface area contributed by atoms with Crippen molar-refractivity contribution in [2.24, 2.45) is 0 Å². The van der Waals surface area contributed by atoms with Crippen molar-refractivity contribution in [3.8, 4) is 22.6 Å². The minimum absolute atomic E-state index is 0.0851. The molecule has 214 valence electrons. The van der Waals surface area contributed by atoms with Gasteiger partial charge in [0.2, 0.25) is 5.89 Å². The maximum Gasteiger partial charge on any atom is 0.227 e. The molecule has 3 nitrogen and oxygen atoms in total. The molecule has 9 rings (SSSR count). The molecule has 45 heavy (non-hydrogen) atoms. The zero-order valence-electron chi connectivity index (χ0n) is 25.2. The molecule has 3 heteroatoms. The number of fused-ring (bicyclic) bond motifs is 8. The number of anilines is 3. The Kier molecular flexibility index (Phi) is 5.54. The van der Waals surface area contributed by atoms with Gasteiger partial charge in [0.1, 0.15) is 5.52 Å². The topological polar surface area (TPSA) is 29.3 Å². The van der Waals surface area contributed by atoms with Crippen molar-refractivity contribution in [1.82, 2.24) is 4.98 Å². The lowest BCUT2D eigenvalue weighted by Crippen LogP contribution is -2.16. The van der Waals surface area contributed by atoms with Gasteiger partial charge in [0, 0.05) is 33.4 Å². The van der Waals surface area contributed by atoms with E-state index in [-0.39, 0.29) is 5.41 Å². The Hall–Kier alpha value is -5.67. The number of hydrogen-bond donors (Lipinski definition) is 0. The van der Waals surface area contributed by atoms with Gasteiger partial charge in [-0.15, -0.1) is 0 Å². The van der Waals surface area contributed by atoms with Gasteiger partial charge in [-0.05, 0) is 93.0 Å². The Morgan fingerprint density at radius 3 is 2.04 bits per heavy atom. The van der Waals surface area contributed by atoms with Crippen molar-refractivity contribution >= 4 is 49.7 Å². The second kappa shape index (κ2) is 9.67. The smallest absolute Gasteiger partial charge is 0.227 e. The molecule has 0 amide bonds. The number of para-hydroxylation sites is 1. The lowest BCUT2D eigenvalue weighted by molar-refractivity contribution is 0.623. The van der Waals surface area contributed by atoms with Gasteiger partial charge in [0.15, 0.2) is 5.58 Å². The highest BCUT2D eigenvalue weighted by molar-refractivity contribution is 6.18. The van der Waals surface area contributed by atoms with Crippen LogP contribution in [0.15, 0.2) is 150 Å². The van der Waals surface area contributed by atoms with E-state index in [4.69, 9.17) is 9.40 Å². The van der Waals surface area contributed by atoms with Crippen LogP contribution in [0.1, 0.15) is 25.0 Å². The first-order valence-corrected chi connectivity index (χ1v) is 15.5. The summed E-state index contributed by atoms with van der Waals surface area (Å²) < 4.78 is 6.52. The highest BCUT2D eigenvalue weighted by Crippen LogP contribution is 2.50. The molecule has 1 aliphatic rings. The Bertz CT molecular complexity index is 2400. The number of oxazole rings is 1. The van der Waals surface area contributed by atoms with Crippen molar-refractivity contribution in [3.63, 3.8) is 0 Å². The Labute approximate surface area is 262 Å². The first-order chi connectivity index (χ1) is 22.1. The maximum absolute atomic E-state index is 6.52. The summed E-state index contributed by atoms with van der Waals surface area (Å²) in [5, 5.41) is 4.52. The average molecular weight is 579 g/mol. The highest BCUT2D eigenvalue weighted by Gasteiger charge is 2.35. The van der Waals surface area contributed by atoms with Gasteiger partial charge in [0.25, 0.3) is 0 Å². The number of nitrogens with zero attached hydrogens (tertiary/aromatic N) is 2. The zero-order valence-corrected chi connectivity index (χ0v) is 25.2. The lowest BCUT2D eigenvalue weighted by Gasteiger charge is -2.28. The average Bonchev–Trinajstić information content (AvgIpc) is 3.63. The van der Waals surface area contributed by atoms with Crippen LogP contribution in [-0.4, -0.2) is 4.98 Å². The summed E-state index contributed by atoms with van der Waals surface area (Å²) in [6.07, 6.45) is 0. The largest absolute Gasteiger partial charge is 0.435 e. The molecular formula is C42H30N2O. The SMILES string of the molecule is CC1(C)c2ccccc2-c2ccc(N(c3ccccc3)c3ccc4ccc5ccc6nc(-c7ccccc7)oc6c5c4c3)cc21. The van der Waals surface area contributed by atoms with E-state index in [0.717, 1.165) is 55.3 Å². The van der Waals surface area contributed by atoms with E-state index < -0.39 is 0 Å². The Morgan fingerprint density at radius 2 is 1.20 bits per heavy atom. The second-order valence-corrected chi connectivity index (χ2v) is 12.4. The van der Waals surface area contributed by atoms with Gasteiger partial charge >= 0.3 is 0 Å². The van der Waals surface area contributed by atoms with E-state index in [2.05, 4.69) is 134 Å². The molecule has 0 N–H and O–H groups in total. The monoisotopic (exact) mass is 578 g/mol. The number of benzene rings is 7. The molecule has 0 saturated heterocycles. The van der Waals surface area contributed by atoms with Crippen LogP contribution in [-0.2, 0) is 5.41 Å². The van der Waals surface area contributed by atoms with E-state index in [0.29, 0.717) is 5.89 Å². The first kappa shape index (κ1) is 25.8. The molecule has 7 aromatic carbocycles. The molecule has 0 atom stereocenters. The Morgan fingerprint density at radius 1 is 0.556 bits per heavy atom. The minimum Gasteiger partial charge on any atom is -0.435 e. The fourth-order valence-electron chi connectivity index (χ4n) is 7.21. The molecule has 1 heterocycles. The molecule has 0 spiro atoms. The van der Waals surface area contributed by atoms with Crippen LogP contribution in [0.25, 0.3) is 55.2 Å². The molecule has 1 aliphatic carbocycles. The van der Waals surface area contributed by atoms with Crippen LogP contribution in [0.3, 0.4) is 0 Å². The third kappa shape index (κ3) is 3.94. The number of hydrogen-bond acceptors (Lipinski definition) is 3. The van der Waals surface area contributed by atoms with E-state index in [9.17, 15) is 0 Å². The summed E-state index contributed by atoms with van der Waals surface area (Å²) >= 11 is 0. The molecule has 0 aliphatic heterocycles. The molecule has 0 radical (unpaired) electrons. The molecule has 8 aromatic rings.